The Bertz CT molecular complexity index is 699. The van der Waals surface area contributed by atoms with Crippen molar-refractivity contribution in [1.29, 1.82) is 0 Å². The molecule has 5 heteroatoms. The van der Waals surface area contributed by atoms with Crippen LogP contribution in [0.25, 0.3) is 6.08 Å². The minimum Gasteiger partial charge on any atom is -0.445 e. The normalized spacial score (nSPS) is 10.5. The van der Waals surface area contributed by atoms with Crippen LogP contribution in [0.15, 0.2) is 54.6 Å². The smallest absolute Gasteiger partial charge is 0.407 e. The number of carbonyl (C=O) groups is 2. The molecule has 0 heterocycles. The average Bonchev–Trinajstić information content (AvgIpc) is 2.57. The molecular formula is C18H16ClNO3. The molecule has 1 amide bonds. The summed E-state index contributed by atoms with van der Waals surface area (Å²) in [7, 11) is 0. The minimum absolute atomic E-state index is 0.230. The first kappa shape index (κ1) is 16.8. The van der Waals surface area contributed by atoms with Crippen LogP contribution in [0.1, 0.15) is 21.5 Å². The molecule has 0 fully saturated rings. The highest BCUT2D eigenvalue weighted by molar-refractivity contribution is 6.31. The van der Waals surface area contributed by atoms with Gasteiger partial charge in [0.25, 0.3) is 0 Å². The topological polar surface area (TPSA) is 55.4 Å². The van der Waals surface area contributed by atoms with E-state index in [1.54, 1.807) is 30.4 Å². The van der Waals surface area contributed by atoms with Crippen LogP contribution in [0.5, 0.6) is 0 Å². The lowest BCUT2D eigenvalue weighted by Crippen LogP contribution is -2.24. The fourth-order valence-corrected chi connectivity index (χ4v) is 2.16. The first-order valence-corrected chi connectivity index (χ1v) is 7.42. The second-order valence-corrected chi connectivity index (χ2v) is 5.22. The summed E-state index contributed by atoms with van der Waals surface area (Å²) in [6, 6.07) is 14.5. The molecule has 0 aliphatic carbocycles. The molecule has 1 N–H and O–H groups in total. The van der Waals surface area contributed by atoms with Crippen LogP contribution < -0.4 is 5.32 Å². The van der Waals surface area contributed by atoms with E-state index in [0.717, 1.165) is 17.4 Å². The molecule has 0 aliphatic rings. The summed E-state index contributed by atoms with van der Waals surface area (Å²) >= 11 is 5.91. The van der Waals surface area contributed by atoms with Crippen molar-refractivity contribution in [1.82, 2.24) is 5.32 Å². The van der Waals surface area contributed by atoms with Crippen molar-refractivity contribution in [3.05, 3.63) is 76.3 Å². The Labute approximate surface area is 139 Å². The van der Waals surface area contributed by atoms with Crippen molar-refractivity contribution >= 4 is 30.1 Å². The monoisotopic (exact) mass is 329 g/mol. The van der Waals surface area contributed by atoms with Gasteiger partial charge in [-0.2, -0.15) is 0 Å². The largest absolute Gasteiger partial charge is 0.445 e. The van der Waals surface area contributed by atoms with E-state index in [-0.39, 0.29) is 6.61 Å². The lowest BCUT2D eigenvalue weighted by atomic mass is 10.1. The van der Waals surface area contributed by atoms with Crippen LogP contribution in [0.3, 0.4) is 0 Å². The van der Waals surface area contributed by atoms with E-state index in [2.05, 4.69) is 5.32 Å². The molecule has 0 aromatic heterocycles. The SMILES string of the molecule is O=Cc1cc(Cl)cc(C=CCNC(=O)OCc2ccccc2)c1. The summed E-state index contributed by atoms with van der Waals surface area (Å²) in [5.74, 6) is 0. The van der Waals surface area contributed by atoms with E-state index in [0.29, 0.717) is 17.1 Å². The van der Waals surface area contributed by atoms with Crippen molar-refractivity contribution in [3.8, 4) is 0 Å². The average molecular weight is 330 g/mol. The van der Waals surface area contributed by atoms with Gasteiger partial charge in [0.05, 0.1) is 0 Å². The Morgan fingerprint density at radius 2 is 1.87 bits per heavy atom. The number of nitrogens with one attached hydrogen (secondary N) is 1. The van der Waals surface area contributed by atoms with Gasteiger partial charge in [0, 0.05) is 17.1 Å². The van der Waals surface area contributed by atoms with E-state index < -0.39 is 6.09 Å². The zero-order valence-electron chi connectivity index (χ0n) is 12.4. The number of benzene rings is 2. The standard InChI is InChI=1S/C18H16ClNO3/c19-17-10-15(9-16(11-17)12-21)7-4-8-20-18(22)23-13-14-5-2-1-3-6-14/h1-7,9-12H,8,13H2,(H,20,22). The van der Waals surface area contributed by atoms with Gasteiger partial charge >= 0.3 is 6.09 Å². The minimum atomic E-state index is -0.488. The van der Waals surface area contributed by atoms with Gasteiger partial charge in [0.15, 0.2) is 0 Å². The van der Waals surface area contributed by atoms with E-state index >= 15 is 0 Å². The summed E-state index contributed by atoms with van der Waals surface area (Å²) in [6.07, 6.45) is 3.78. The van der Waals surface area contributed by atoms with Crippen molar-refractivity contribution in [2.24, 2.45) is 0 Å². The van der Waals surface area contributed by atoms with Crippen molar-refractivity contribution < 1.29 is 14.3 Å². The number of ether oxygens (including phenoxy) is 1. The number of alkyl carbamates (subject to hydrolysis) is 1. The van der Waals surface area contributed by atoms with Gasteiger partial charge in [-0.25, -0.2) is 4.79 Å². The van der Waals surface area contributed by atoms with Crippen LogP contribution >= 0.6 is 11.6 Å². The second kappa shape index (κ2) is 8.76. The Hall–Kier alpha value is -2.59. The molecule has 0 unspecified atom stereocenters. The van der Waals surface area contributed by atoms with E-state index in [1.807, 2.05) is 30.3 Å². The van der Waals surface area contributed by atoms with Crippen LogP contribution in [-0.4, -0.2) is 18.9 Å². The Kier molecular flexibility index (Phi) is 6.39. The molecule has 2 rings (SSSR count). The summed E-state index contributed by atoms with van der Waals surface area (Å²) < 4.78 is 5.08. The molecule has 0 aliphatic heterocycles. The predicted molar refractivity (Wildman–Crippen MR) is 90.5 cm³/mol. The highest BCUT2D eigenvalue weighted by Gasteiger charge is 2.00. The van der Waals surface area contributed by atoms with E-state index in [9.17, 15) is 9.59 Å². The molecule has 0 radical (unpaired) electrons. The van der Waals surface area contributed by atoms with Crippen LogP contribution in [0, 0.1) is 0 Å². The van der Waals surface area contributed by atoms with Gasteiger partial charge in [-0.1, -0.05) is 54.1 Å². The quantitative estimate of drug-likeness (QED) is 0.812. The molecule has 0 spiro atoms. The Morgan fingerprint density at radius 1 is 1.13 bits per heavy atom. The van der Waals surface area contributed by atoms with Gasteiger partial charge in [-0.05, 0) is 29.3 Å². The van der Waals surface area contributed by atoms with Gasteiger partial charge in [-0.15, -0.1) is 0 Å². The fraction of sp³-hybridized carbons (Fsp3) is 0.111. The second-order valence-electron chi connectivity index (χ2n) is 4.78. The van der Waals surface area contributed by atoms with Gasteiger partial charge in [-0.3, -0.25) is 4.79 Å². The van der Waals surface area contributed by atoms with Crippen LogP contribution in [-0.2, 0) is 11.3 Å². The Morgan fingerprint density at radius 3 is 2.61 bits per heavy atom. The number of halogens is 1. The zero-order chi connectivity index (χ0) is 16.5. The highest BCUT2D eigenvalue weighted by atomic mass is 35.5. The van der Waals surface area contributed by atoms with Gasteiger partial charge in [0.1, 0.15) is 12.9 Å². The number of hydrogen-bond donors (Lipinski definition) is 1. The summed E-state index contributed by atoms with van der Waals surface area (Å²) in [6.45, 7) is 0.546. The fourth-order valence-electron chi connectivity index (χ4n) is 1.91. The number of aldehydes is 1. The third kappa shape index (κ3) is 5.96. The molecule has 4 nitrogen and oxygen atoms in total. The van der Waals surface area contributed by atoms with Gasteiger partial charge in [0.2, 0.25) is 0 Å². The maximum Gasteiger partial charge on any atom is 0.407 e. The molecule has 0 saturated heterocycles. The Balaban J connectivity index is 1.76. The highest BCUT2D eigenvalue weighted by Crippen LogP contribution is 2.15. The van der Waals surface area contributed by atoms with Crippen molar-refractivity contribution in [3.63, 3.8) is 0 Å². The van der Waals surface area contributed by atoms with Gasteiger partial charge < -0.3 is 10.1 Å². The summed E-state index contributed by atoms with van der Waals surface area (Å²) in [5.41, 5.74) is 2.23. The summed E-state index contributed by atoms with van der Waals surface area (Å²) in [5, 5.41) is 3.11. The third-order valence-corrected chi connectivity index (χ3v) is 3.18. The lowest BCUT2D eigenvalue weighted by Gasteiger charge is -2.05. The molecule has 23 heavy (non-hydrogen) atoms. The molecular weight excluding hydrogens is 314 g/mol. The number of hydrogen-bond acceptors (Lipinski definition) is 3. The van der Waals surface area contributed by atoms with Crippen LogP contribution in [0.4, 0.5) is 4.79 Å². The van der Waals surface area contributed by atoms with E-state index in [1.165, 1.54) is 0 Å². The molecule has 0 bridgehead atoms. The first-order chi connectivity index (χ1) is 11.2. The molecule has 0 atom stereocenters. The molecule has 2 aromatic carbocycles. The van der Waals surface area contributed by atoms with Crippen molar-refractivity contribution in [2.45, 2.75) is 6.61 Å². The summed E-state index contributed by atoms with van der Waals surface area (Å²) in [4.78, 5) is 22.3. The third-order valence-electron chi connectivity index (χ3n) is 2.97. The van der Waals surface area contributed by atoms with Crippen LogP contribution in [0.2, 0.25) is 5.02 Å². The maximum atomic E-state index is 11.5. The van der Waals surface area contributed by atoms with Crippen molar-refractivity contribution in [2.75, 3.05) is 6.54 Å². The lowest BCUT2D eigenvalue weighted by molar-refractivity contribution is 0.112. The number of carbonyl (C=O) groups excluding carboxylic acids is 2. The predicted octanol–water partition coefficient (Wildman–Crippen LogP) is 4.09. The number of amides is 1. The molecule has 2 aromatic rings. The molecule has 0 saturated carbocycles. The van der Waals surface area contributed by atoms with E-state index in [4.69, 9.17) is 16.3 Å². The molecule has 118 valence electrons. The first-order valence-electron chi connectivity index (χ1n) is 7.04. The zero-order valence-corrected chi connectivity index (χ0v) is 13.1. The number of rotatable bonds is 6. The maximum absolute atomic E-state index is 11.5.